The highest BCUT2D eigenvalue weighted by Gasteiger charge is 2.12. The van der Waals surface area contributed by atoms with Crippen molar-refractivity contribution in [1.29, 1.82) is 0 Å². The molecule has 0 saturated heterocycles. The molecule has 0 radical (unpaired) electrons. The van der Waals surface area contributed by atoms with Crippen LogP contribution in [0.15, 0.2) is 90.2 Å². The highest BCUT2D eigenvalue weighted by molar-refractivity contribution is 5.89. The van der Waals surface area contributed by atoms with Crippen molar-refractivity contribution >= 4 is 12.1 Å². The van der Waals surface area contributed by atoms with Gasteiger partial charge < -0.3 is 9.47 Å². The van der Waals surface area contributed by atoms with E-state index in [-0.39, 0.29) is 12.5 Å². The number of nitrogens with zero attached hydrogens (tertiary/aromatic N) is 3. The Kier molecular flexibility index (Phi) is 7.91. The van der Waals surface area contributed by atoms with Gasteiger partial charge in [0.05, 0.1) is 18.5 Å². The van der Waals surface area contributed by atoms with E-state index < -0.39 is 0 Å². The number of amides is 1. The Hall–Kier alpha value is -4.39. The topological polar surface area (TPSA) is 77.7 Å². The highest BCUT2D eigenvalue weighted by atomic mass is 16.5. The summed E-state index contributed by atoms with van der Waals surface area (Å²) >= 11 is 0. The third kappa shape index (κ3) is 6.57. The molecule has 7 heteroatoms. The van der Waals surface area contributed by atoms with E-state index in [4.69, 9.17) is 14.6 Å². The van der Waals surface area contributed by atoms with Crippen LogP contribution in [-0.4, -0.2) is 35.1 Å². The van der Waals surface area contributed by atoms with Crippen LogP contribution in [0.4, 0.5) is 0 Å². The van der Waals surface area contributed by atoms with E-state index in [2.05, 4.69) is 17.5 Å². The van der Waals surface area contributed by atoms with Crippen molar-refractivity contribution in [2.45, 2.75) is 20.3 Å². The SMILES string of the molecule is CCCOc1ccc(-c2nn(-c3ccccc3)cc2/C=N\NC(=O)COc2ccc(C)cc2)cc1. The molecule has 35 heavy (non-hydrogen) atoms. The summed E-state index contributed by atoms with van der Waals surface area (Å²) in [6.07, 6.45) is 4.42. The van der Waals surface area contributed by atoms with Crippen LogP contribution < -0.4 is 14.9 Å². The van der Waals surface area contributed by atoms with Crippen molar-refractivity contribution < 1.29 is 14.3 Å². The van der Waals surface area contributed by atoms with Crippen molar-refractivity contribution in [3.8, 4) is 28.4 Å². The number of hydrogen-bond donors (Lipinski definition) is 1. The van der Waals surface area contributed by atoms with Gasteiger partial charge in [0.1, 0.15) is 17.2 Å². The molecule has 0 aliphatic carbocycles. The molecule has 178 valence electrons. The molecule has 1 heterocycles. The highest BCUT2D eigenvalue weighted by Crippen LogP contribution is 2.25. The molecule has 1 aromatic heterocycles. The van der Waals surface area contributed by atoms with Gasteiger partial charge in [0, 0.05) is 17.3 Å². The molecule has 0 atom stereocenters. The zero-order valence-corrected chi connectivity index (χ0v) is 19.8. The van der Waals surface area contributed by atoms with Gasteiger partial charge >= 0.3 is 0 Å². The maximum absolute atomic E-state index is 12.2. The Morgan fingerprint density at radius 1 is 0.971 bits per heavy atom. The van der Waals surface area contributed by atoms with Crippen LogP contribution in [0, 0.1) is 6.92 Å². The molecule has 0 aliphatic rings. The van der Waals surface area contributed by atoms with Crippen molar-refractivity contribution in [3.05, 3.63) is 96.2 Å². The lowest BCUT2D eigenvalue weighted by molar-refractivity contribution is -0.123. The second-order valence-corrected chi connectivity index (χ2v) is 7.98. The lowest BCUT2D eigenvalue weighted by Gasteiger charge is -2.06. The summed E-state index contributed by atoms with van der Waals surface area (Å²) in [6, 6.07) is 25.1. The number of hydrogen-bond acceptors (Lipinski definition) is 5. The monoisotopic (exact) mass is 468 g/mol. The van der Waals surface area contributed by atoms with Gasteiger partial charge in [0.2, 0.25) is 0 Å². The van der Waals surface area contributed by atoms with Crippen LogP contribution in [-0.2, 0) is 4.79 Å². The van der Waals surface area contributed by atoms with Crippen molar-refractivity contribution in [2.75, 3.05) is 13.2 Å². The van der Waals surface area contributed by atoms with Crippen LogP contribution in [0.1, 0.15) is 24.5 Å². The number of nitrogens with one attached hydrogen (secondary N) is 1. The summed E-state index contributed by atoms with van der Waals surface area (Å²) in [5.41, 5.74) is 6.99. The normalized spacial score (nSPS) is 10.9. The van der Waals surface area contributed by atoms with Crippen LogP contribution in [0.25, 0.3) is 16.9 Å². The van der Waals surface area contributed by atoms with Gasteiger partial charge in [-0.15, -0.1) is 0 Å². The van der Waals surface area contributed by atoms with Crippen molar-refractivity contribution in [1.82, 2.24) is 15.2 Å². The lowest BCUT2D eigenvalue weighted by Crippen LogP contribution is -2.24. The second kappa shape index (κ2) is 11.7. The van der Waals surface area contributed by atoms with E-state index >= 15 is 0 Å². The summed E-state index contributed by atoms with van der Waals surface area (Å²) in [4.78, 5) is 12.2. The van der Waals surface area contributed by atoms with Crippen LogP contribution in [0.5, 0.6) is 11.5 Å². The van der Waals surface area contributed by atoms with Gasteiger partial charge in [-0.05, 0) is 61.9 Å². The quantitative estimate of drug-likeness (QED) is 0.257. The van der Waals surface area contributed by atoms with Crippen LogP contribution >= 0.6 is 0 Å². The van der Waals surface area contributed by atoms with Gasteiger partial charge in [0.25, 0.3) is 5.91 Å². The maximum Gasteiger partial charge on any atom is 0.277 e. The van der Waals surface area contributed by atoms with Gasteiger partial charge in [-0.3, -0.25) is 4.79 Å². The number of rotatable bonds is 10. The number of benzene rings is 3. The largest absolute Gasteiger partial charge is 0.494 e. The summed E-state index contributed by atoms with van der Waals surface area (Å²) < 4.78 is 13.0. The van der Waals surface area contributed by atoms with Gasteiger partial charge in [-0.25, -0.2) is 10.1 Å². The number of aryl methyl sites for hydroxylation is 1. The predicted molar refractivity (Wildman–Crippen MR) is 137 cm³/mol. The van der Waals surface area contributed by atoms with E-state index in [1.165, 1.54) is 0 Å². The van der Waals surface area contributed by atoms with Gasteiger partial charge in [-0.2, -0.15) is 10.2 Å². The molecule has 7 nitrogen and oxygen atoms in total. The Balaban J connectivity index is 1.49. The van der Waals surface area contributed by atoms with Gasteiger partial charge in [0.15, 0.2) is 6.61 Å². The molecule has 4 aromatic rings. The fourth-order valence-electron chi connectivity index (χ4n) is 3.34. The molecular weight excluding hydrogens is 440 g/mol. The number of para-hydroxylation sites is 1. The van der Waals surface area contributed by atoms with Gasteiger partial charge in [-0.1, -0.05) is 42.8 Å². The first-order chi connectivity index (χ1) is 17.1. The first-order valence-corrected chi connectivity index (χ1v) is 11.5. The molecule has 0 saturated carbocycles. The van der Waals surface area contributed by atoms with Crippen molar-refractivity contribution in [3.63, 3.8) is 0 Å². The minimum atomic E-state index is -0.351. The second-order valence-electron chi connectivity index (χ2n) is 7.98. The smallest absolute Gasteiger partial charge is 0.277 e. The number of ether oxygens (including phenoxy) is 2. The number of aromatic nitrogens is 2. The Bertz CT molecular complexity index is 1260. The molecule has 0 fully saturated rings. The number of carbonyl (C=O) groups excluding carboxylic acids is 1. The van der Waals surface area contributed by atoms with Crippen LogP contribution in [0.3, 0.4) is 0 Å². The first kappa shape index (κ1) is 23.8. The van der Waals surface area contributed by atoms with Crippen LogP contribution in [0.2, 0.25) is 0 Å². The Morgan fingerprint density at radius 2 is 1.66 bits per heavy atom. The van der Waals surface area contributed by atoms with E-state index in [9.17, 15) is 4.79 Å². The standard InChI is InChI=1S/C28H28N4O3/c1-3-17-34-25-15-11-22(12-16-25)28-23(19-32(31-28)24-7-5-4-6-8-24)18-29-30-27(33)20-35-26-13-9-21(2)10-14-26/h4-16,18-19H,3,17,20H2,1-2H3,(H,30,33)/b29-18-. The molecule has 4 rings (SSSR count). The Labute approximate surface area is 205 Å². The van der Waals surface area contributed by atoms with E-state index in [0.29, 0.717) is 12.4 Å². The fourth-order valence-corrected chi connectivity index (χ4v) is 3.34. The summed E-state index contributed by atoms with van der Waals surface area (Å²) in [6.45, 7) is 4.61. The summed E-state index contributed by atoms with van der Waals surface area (Å²) in [5, 5.41) is 8.91. The first-order valence-electron chi connectivity index (χ1n) is 11.5. The zero-order chi connectivity index (χ0) is 24.5. The number of carbonyl (C=O) groups is 1. The lowest BCUT2D eigenvalue weighted by atomic mass is 10.1. The van der Waals surface area contributed by atoms with E-state index in [1.807, 2.05) is 92.0 Å². The number of hydrazone groups is 1. The summed E-state index contributed by atoms with van der Waals surface area (Å²) in [5.74, 6) is 1.10. The molecule has 0 unspecified atom stereocenters. The molecule has 3 aromatic carbocycles. The predicted octanol–water partition coefficient (Wildman–Crippen LogP) is 5.17. The van der Waals surface area contributed by atoms with E-state index in [1.54, 1.807) is 10.9 Å². The third-order valence-electron chi connectivity index (χ3n) is 5.15. The average Bonchev–Trinajstić information content (AvgIpc) is 3.32. The molecule has 0 bridgehead atoms. The minimum absolute atomic E-state index is 0.129. The molecule has 0 spiro atoms. The molecule has 1 amide bonds. The van der Waals surface area contributed by atoms with E-state index in [0.717, 1.165) is 40.2 Å². The minimum Gasteiger partial charge on any atom is -0.494 e. The third-order valence-corrected chi connectivity index (χ3v) is 5.15. The van der Waals surface area contributed by atoms with Crippen molar-refractivity contribution in [2.24, 2.45) is 5.10 Å². The fraction of sp³-hybridized carbons (Fsp3) is 0.179. The average molecular weight is 469 g/mol. The molecule has 1 N–H and O–H groups in total. The maximum atomic E-state index is 12.2. The summed E-state index contributed by atoms with van der Waals surface area (Å²) in [7, 11) is 0. The zero-order valence-electron chi connectivity index (χ0n) is 19.8. The molecular formula is C28H28N4O3. The Morgan fingerprint density at radius 3 is 2.37 bits per heavy atom. The molecule has 0 aliphatic heterocycles.